The molecular weight excluding hydrogens is 447 g/mol. The Labute approximate surface area is 172 Å². The third-order valence-corrected chi connectivity index (χ3v) is 3.71. The summed E-state index contributed by atoms with van der Waals surface area (Å²) in [6.07, 6.45) is 0.780. The van der Waals surface area contributed by atoms with Gasteiger partial charge in [0.15, 0.2) is 12.6 Å². The van der Waals surface area contributed by atoms with Crippen LogP contribution in [0.15, 0.2) is 29.3 Å². The van der Waals surface area contributed by atoms with E-state index >= 15 is 0 Å². The number of benzene rings is 1. The van der Waals surface area contributed by atoms with Gasteiger partial charge in [-0.1, -0.05) is 12.1 Å². The highest BCUT2D eigenvalue weighted by molar-refractivity contribution is 14.0. The number of hydrogen-bond donors (Lipinski definition) is 2. The molecule has 1 aliphatic rings. The van der Waals surface area contributed by atoms with Gasteiger partial charge >= 0.3 is 0 Å². The van der Waals surface area contributed by atoms with Crippen LogP contribution in [0.4, 0.5) is 5.69 Å². The third kappa shape index (κ3) is 6.99. The average molecular weight is 476 g/mol. The van der Waals surface area contributed by atoms with Gasteiger partial charge in [0, 0.05) is 32.8 Å². The fourth-order valence-electron chi connectivity index (χ4n) is 2.55. The number of carbonyl (C=O) groups excluding carboxylic acids is 1. The van der Waals surface area contributed by atoms with Crippen LogP contribution < -0.4 is 20.3 Å². The van der Waals surface area contributed by atoms with Gasteiger partial charge in [0.2, 0.25) is 0 Å². The second-order valence-electron chi connectivity index (χ2n) is 5.54. The number of para-hydroxylation sites is 2. The fourth-order valence-corrected chi connectivity index (χ4v) is 2.55. The minimum atomic E-state index is -0.00979. The molecule has 2 rings (SSSR count). The molecule has 1 heterocycles. The Balaban J connectivity index is 0.00000338. The molecule has 0 radical (unpaired) electrons. The smallest absolute Gasteiger partial charge is 0.265 e. The van der Waals surface area contributed by atoms with Gasteiger partial charge in [-0.15, -0.1) is 24.0 Å². The summed E-state index contributed by atoms with van der Waals surface area (Å²) in [4.78, 5) is 18.4. The third-order valence-electron chi connectivity index (χ3n) is 3.71. The number of halogens is 1. The molecule has 1 aliphatic heterocycles. The van der Waals surface area contributed by atoms with E-state index in [1.165, 1.54) is 0 Å². The highest BCUT2D eigenvalue weighted by atomic mass is 127. The maximum atomic E-state index is 12.1. The van der Waals surface area contributed by atoms with Crippen LogP contribution in [0.3, 0.4) is 0 Å². The van der Waals surface area contributed by atoms with Gasteiger partial charge in [-0.05, 0) is 32.4 Å². The number of nitrogens with zero attached hydrogens (tertiary/aromatic N) is 2. The molecule has 1 aromatic rings. The fraction of sp³-hybridized carbons (Fsp3) is 0.556. The van der Waals surface area contributed by atoms with E-state index in [4.69, 9.17) is 9.47 Å². The first-order chi connectivity index (χ1) is 12.3. The van der Waals surface area contributed by atoms with Crippen molar-refractivity contribution in [2.75, 3.05) is 50.9 Å². The summed E-state index contributed by atoms with van der Waals surface area (Å²) in [5.41, 5.74) is 0.837. The monoisotopic (exact) mass is 476 g/mol. The molecule has 0 bridgehead atoms. The van der Waals surface area contributed by atoms with Crippen molar-refractivity contribution in [3.05, 3.63) is 24.3 Å². The standard InChI is InChI=1S/C18H28N4O3.HI/c1-3-19-18(21-11-13-24-4-2)20-10-7-12-22-15-8-5-6-9-16(15)25-14-17(22)23;/h5-6,8-9H,3-4,7,10-14H2,1-2H3,(H2,19,20,21);1H. The second kappa shape index (κ2) is 12.7. The van der Waals surface area contributed by atoms with Crippen LogP contribution in [0.25, 0.3) is 0 Å². The number of guanidine groups is 1. The molecule has 2 N–H and O–H groups in total. The van der Waals surface area contributed by atoms with Gasteiger partial charge < -0.3 is 25.0 Å². The van der Waals surface area contributed by atoms with Crippen molar-refractivity contribution in [2.45, 2.75) is 20.3 Å². The van der Waals surface area contributed by atoms with E-state index in [9.17, 15) is 4.79 Å². The van der Waals surface area contributed by atoms with Crippen LogP contribution in [0.1, 0.15) is 20.3 Å². The van der Waals surface area contributed by atoms with Crippen LogP contribution in [-0.2, 0) is 9.53 Å². The van der Waals surface area contributed by atoms with Crippen molar-refractivity contribution in [2.24, 2.45) is 4.99 Å². The zero-order valence-electron chi connectivity index (χ0n) is 15.5. The summed E-state index contributed by atoms with van der Waals surface area (Å²) < 4.78 is 10.8. The average Bonchev–Trinajstić information content (AvgIpc) is 2.63. The molecular formula is C18H29IN4O3. The maximum Gasteiger partial charge on any atom is 0.265 e. The predicted octanol–water partition coefficient (Wildman–Crippen LogP) is 2.01. The van der Waals surface area contributed by atoms with Crippen LogP contribution in [0.5, 0.6) is 5.75 Å². The second-order valence-corrected chi connectivity index (χ2v) is 5.54. The van der Waals surface area contributed by atoms with E-state index in [1.54, 1.807) is 4.90 Å². The van der Waals surface area contributed by atoms with Gasteiger partial charge in [0.25, 0.3) is 5.91 Å². The molecule has 8 heteroatoms. The molecule has 0 aliphatic carbocycles. The van der Waals surface area contributed by atoms with Crippen molar-refractivity contribution in [3.8, 4) is 5.75 Å². The number of aliphatic imine (C=N–C) groups is 1. The minimum absolute atomic E-state index is 0. The Kier molecular flexibility index (Phi) is 11.0. The summed E-state index contributed by atoms with van der Waals surface area (Å²) in [5.74, 6) is 1.52. The van der Waals surface area contributed by atoms with Crippen molar-refractivity contribution in [1.82, 2.24) is 10.6 Å². The Bertz CT molecular complexity index is 583. The zero-order chi connectivity index (χ0) is 17.9. The largest absolute Gasteiger partial charge is 0.482 e. The van der Waals surface area contributed by atoms with Gasteiger partial charge in [-0.25, -0.2) is 0 Å². The van der Waals surface area contributed by atoms with E-state index in [1.807, 2.05) is 38.1 Å². The number of fused-ring (bicyclic) bond motifs is 1. The van der Waals surface area contributed by atoms with E-state index in [2.05, 4.69) is 15.6 Å². The molecule has 0 fully saturated rings. The zero-order valence-corrected chi connectivity index (χ0v) is 17.8. The maximum absolute atomic E-state index is 12.1. The Morgan fingerprint density at radius 2 is 2.12 bits per heavy atom. The normalized spacial score (nSPS) is 13.5. The highest BCUT2D eigenvalue weighted by Crippen LogP contribution is 2.31. The number of carbonyl (C=O) groups is 1. The Morgan fingerprint density at radius 3 is 2.88 bits per heavy atom. The van der Waals surface area contributed by atoms with E-state index in [0.717, 1.165) is 36.9 Å². The van der Waals surface area contributed by atoms with E-state index in [0.29, 0.717) is 26.3 Å². The van der Waals surface area contributed by atoms with Crippen molar-refractivity contribution < 1.29 is 14.3 Å². The lowest BCUT2D eigenvalue weighted by atomic mass is 10.2. The van der Waals surface area contributed by atoms with Crippen molar-refractivity contribution >= 4 is 41.5 Å². The molecule has 0 saturated heterocycles. The number of rotatable bonds is 9. The topological polar surface area (TPSA) is 75.2 Å². The lowest BCUT2D eigenvalue weighted by Gasteiger charge is -2.29. The predicted molar refractivity (Wildman–Crippen MR) is 115 cm³/mol. The number of nitrogens with one attached hydrogen (secondary N) is 2. The van der Waals surface area contributed by atoms with Crippen LogP contribution in [0.2, 0.25) is 0 Å². The van der Waals surface area contributed by atoms with Gasteiger partial charge in [-0.3, -0.25) is 9.79 Å². The van der Waals surface area contributed by atoms with Crippen molar-refractivity contribution in [3.63, 3.8) is 0 Å². The SMILES string of the molecule is CCNC(=NCCCN1C(=O)COc2ccccc21)NCCOCC.I. The summed E-state index contributed by atoms with van der Waals surface area (Å²) in [7, 11) is 0. The molecule has 0 atom stereocenters. The van der Waals surface area contributed by atoms with Crippen LogP contribution in [0, 0.1) is 0 Å². The Hall–Kier alpha value is -1.55. The number of amides is 1. The molecule has 1 aromatic carbocycles. The Morgan fingerprint density at radius 1 is 1.31 bits per heavy atom. The lowest BCUT2D eigenvalue weighted by Crippen LogP contribution is -2.40. The first-order valence-corrected chi connectivity index (χ1v) is 8.88. The van der Waals surface area contributed by atoms with Crippen LogP contribution >= 0.6 is 24.0 Å². The van der Waals surface area contributed by atoms with Gasteiger partial charge in [0.05, 0.1) is 12.3 Å². The number of anilines is 1. The molecule has 26 heavy (non-hydrogen) atoms. The highest BCUT2D eigenvalue weighted by Gasteiger charge is 2.24. The lowest BCUT2D eigenvalue weighted by molar-refractivity contribution is -0.121. The van der Waals surface area contributed by atoms with Gasteiger partial charge in [-0.2, -0.15) is 0 Å². The van der Waals surface area contributed by atoms with Gasteiger partial charge in [0.1, 0.15) is 5.75 Å². The first-order valence-electron chi connectivity index (χ1n) is 8.88. The van der Waals surface area contributed by atoms with Crippen LogP contribution in [-0.4, -0.2) is 57.9 Å². The van der Waals surface area contributed by atoms with E-state index in [-0.39, 0.29) is 36.5 Å². The number of hydrogen-bond acceptors (Lipinski definition) is 4. The quantitative estimate of drug-likeness (QED) is 0.247. The molecule has 7 nitrogen and oxygen atoms in total. The van der Waals surface area contributed by atoms with Crippen molar-refractivity contribution in [1.29, 1.82) is 0 Å². The number of ether oxygens (including phenoxy) is 2. The summed E-state index contributed by atoms with van der Waals surface area (Å²) >= 11 is 0. The summed E-state index contributed by atoms with van der Waals surface area (Å²) in [6.45, 7) is 8.25. The minimum Gasteiger partial charge on any atom is -0.482 e. The molecule has 1 amide bonds. The molecule has 0 unspecified atom stereocenters. The molecule has 0 aromatic heterocycles. The van der Waals surface area contributed by atoms with E-state index < -0.39 is 0 Å². The molecule has 0 saturated carbocycles. The molecule has 0 spiro atoms. The summed E-state index contributed by atoms with van der Waals surface area (Å²) in [6, 6.07) is 7.62. The first kappa shape index (κ1) is 22.5. The summed E-state index contributed by atoms with van der Waals surface area (Å²) in [5, 5.41) is 6.44. The molecule has 146 valence electrons.